The highest BCUT2D eigenvalue weighted by Gasteiger charge is 2.18. The largest absolute Gasteiger partial charge is 0.494 e. The molecule has 1 heterocycles. The lowest BCUT2D eigenvalue weighted by Crippen LogP contribution is -2.12. The Hall–Kier alpha value is -1.14. The third-order valence-electron chi connectivity index (χ3n) is 3.27. The van der Waals surface area contributed by atoms with Crippen LogP contribution >= 0.6 is 11.6 Å². The summed E-state index contributed by atoms with van der Waals surface area (Å²) in [6.07, 6.45) is 0. The third kappa shape index (κ3) is 3.37. The van der Waals surface area contributed by atoms with Crippen LogP contribution in [-0.4, -0.2) is 32.4 Å². The molecular formula is C14H18ClFN2O2S. The minimum atomic E-state index is -0.885. The van der Waals surface area contributed by atoms with Crippen LogP contribution in [0.15, 0.2) is 12.1 Å². The molecule has 1 aromatic carbocycles. The summed E-state index contributed by atoms with van der Waals surface area (Å²) in [5.41, 5.74) is 1.27. The summed E-state index contributed by atoms with van der Waals surface area (Å²) in [5, 5.41) is -0.318. The van der Waals surface area contributed by atoms with E-state index in [1.54, 1.807) is 6.07 Å². The normalized spacial score (nSPS) is 14.3. The molecule has 0 bridgehead atoms. The number of hydrogen-bond acceptors (Lipinski definition) is 3. The number of nitrogens with zero attached hydrogens (tertiary/aromatic N) is 2. The molecule has 21 heavy (non-hydrogen) atoms. The number of ether oxygens (including phenoxy) is 1. The van der Waals surface area contributed by atoms with Crippen molar-refractivity contribution in [3.05, 3.63) is 23.8 Å². The van der Waals surface area contributed by atoms with Gasteiger partial charge in [0.15, 0.2) is 11.6 Å². The quantitative estimate of drug-likeness (QED) is 0.763. The van der Waals surface area contributed by atoms with Crippen LogP contribution in [-0.2, 0) is 17.3 Å². The molecule has 0 aliphatic carbocycles. The maximum Gasteiger partial charge on any atom is 0.167 e. The monoisotopic (exact) mass is 332 g/mol. The van der Waals surface area contributed by atoms with Gasteiger partial charge in [-0.15, -0.1) is 11.6 Å². The van der Waals surface area contributed by atoms with Gasteiger partial charge in [0.2, 0.25) is 0 Å². The topological polar surface area (TPSA) is 44.1 Å². The SMILES string of the molecule is CCS(=O)CCn1c(C(C)Cl)nc2cc(F)c(OC)cc21. The van der Waals surface area contributed by atoms with Gasteiger partial charge in [-0.05, 0) is 6.92 Å². The molecule has 0 saturated carbocycles. The Kier molecular flexibility index (Phi) is 5.22. The molecule has 0 aliphatic heterocycles. The number of rotatable bonds is 6. The van der Waals surface area contributed by atoms with Crippen molar-refractivity contribution in [2.75, 3.05) is 18.6 Å². The molecule has 2 atom stereocenters. The van der Waals surface area contributed by atoms with Gasteiger partial charge in [-0.1, -0.05) is 6.92 Å². The van der Waals surface area contributed by atoms with E-state index >= 15 is 0 Å². The smallest absolute Gasteiger partial charge is 0.167 e. The maximum absolute atomic E-state index is 13.8. The van der Waals surface area contributed by atoms with Crippen molar-refractivity contribution in [1.82, 2.24) is 9.55 Å². The van der Waals surface area contributed by atoms with Crippen LogP contribution in [0.3, 0.4) is 0 Å². The number of methoxy groups -OCH3 is 1. The van der Waals surface area contributed by atoms with Gasteiger partial charge in [-0.25, -0.2) is 9.37 Å². The number of aromatic nitrogens is 2. The Morgan fingerprint density at radius 2 is 2.24 bits per heavy atom. The van der Waals surface area contributed by atoms with Crippen LogP contribution in [0.2, 0.25) is 0 Å². The fraction of sp³-hybridized carbons (Fsp3) is 0.500. The van der Waals surface area contributed by atoms with Gasteiger partial charge < -0.3 is 9.30 Å². The van der Waals surface area contributed by atoms with E-state index in [0.29, 0.717) is 29.4 Å². The van der Waals surface area contributed by atoms with Gasteiger partial charge >= 0.3 is 0 Å². The van der Waals surface area contributed by atoms with Crippen LogP contribution < -0.4 is 4.74 Å². The highest BCUT2D eigenvalue weighted by molar-refractivity contribution is 7.84. The summed E-state index contributed by atoms with van der Waals surface area (Å²) in [5.74, 6) is 1.47. The summed E-state index contributed by atoms with van der Waals surface area (Å²) in [7, 11) is 0.534. The van der Waals surface area contributed by atoms with Crippen LogP contribution in [0, 0.1) is 5.82 Å². The predicted octanol–water partition coefficient (Wildman–Crippen LogP) is 3.25. The fourth-order valence-corrected chi connectivity index (χ4v) is 3.02. The molecule has 4 nitrogen and oxygen atoms in total. The molecule has 0 aliphatic rings. The van der Waals surface area contributed by atoms with Gasteiger partial charge in [0.25, 0.3) is 0 Å². The standard InChI is InChI=1S/C14H18ClFN2O2S/c1-4-21(19)6-5-18-12-8-13(20-3)10(16)7-11(12)17-14(18)9(2)15/h7-9H,4-6H2,1-3H3. The van der Waals surface area contributed by atoms with Gasteiger partial charge in [-0.3, -0.25) is 4.21 Å². The first-order valence-electron chi connectivity index (χ1n) is 6.70. The lowest BCUT2D eigenvalue weighted by molar-refractivity contribution is 0.387. The second-order valence-electron chi connectivity index (χ2n) is 4.65. The minimum absolute atomic E-state index is 0.161. The summed E-state index contributed by atoms with van der Waals surface area (Å²) in [4.78, 5) is 4.39. The Morgan fingerprint density at radius 1 is 1.52 bits per heavy atom. The number of halogens is 2. The van der Waals surface area contributed by atoms with E-state index in [-0.39, 0.29) is 11.1 Å². The number of hydrogen-bond donors (Lipinski definition) is 0. The van der Waals surface area contributed by atoms with E-state index in [4.69, 9.17) is 16.3 Å². The van der Waals surface area contributed by atoms with Gasteiger partial charge in [0, 0.05) is 41.0 Å². The van der Waals surface area contributed by atoms with E-state index in [0.717, 1.165) is 5.52 Å². The molecule has 0 radical (unpaired) electrons. The molecule has 0 saturated heterocycles. The number of aryl methyl sites for hydroxylation is 1. The van der Waals surface area contributed by atoms with Crippen molar-refractivity contribution >= 4 is 33.4 Å². The molecular weight excluding hydrogens is 315 g/mol. The van der Waals surface area contributed by atoms with Crippen LogP contribution in [0.4, 0.5) is 4.39 Å². The lowest BCUT2D eigenvalue weighted by atomic mass is 10.3. The third-order valence-corrected chi connectivity index (χ3v) is 4.75. The van der Waals surface area contributed by atoms with E-state index in [9.17, 15) is 8.60 Å². The average Bonchev–Trinajstić information content (AvgIpc) is 2.81. The Labute approximate surface area is 130 Å². The van der Waals surface area contributed by atoms with Crippen molar-refractivity contribution < 1.29 is 13.3 Å². The highest BCUT2D eigenvalue weighted by Crippen LogP contribution is 2.29. The first-order valence-corrected chi connectivity index (χ1v) is 8.63. The fourth-order valence-electron chi connectivity index (χ4n) is 2.18. The summed E-state index contributed by atoms with van der Waals surface area (Å²) in [6, 6.07) is 2.94. The van der Waals surface area contributed by atoms with Crippen molar-refractivity contribution in [3.8, 4) is 5.75 Å². The molecule has 2 rings (SSSR count). The van der Waals surface area contributed by atoms with E-state index in [2.05, 4.69) is 4.98 Å². The van der Waals surface area contributed by atoms with Gasteiger partial charge in [0.1, 0.15) is 5.82 Å². The zero-order valence-electron chi connectivity index (χ0n) is 12.2. The van der Waals surface area contributed by atoms with Gasteiger partial charge in [-0.2, -0.15) is 0 Å². The average molecular weight is 333 g/mol. The first kappa shape index (κ1) is 16.2. The zero-order valence-corrected chi connectivity index (χ0v) is 13.8. The second-order valence-corrected chi connectivity index (χ2v) is 7.17. The summed E-state index contributed by atoms with van der Waals surface area (Å²) >= 11 is 6.16. The van der Waals surface area contributed by atoms with E-state index in [1.807, 2.05) is 18.4 Å². The molecule has 2 aromatic rings. The van der Waals surface area contributed by atoms with Crippen molar-refractivity contribution in [1.29, 1.82) is 0 Å². The van der Waals surface area contributed by atoms with Crippen molar-refractivity contribution in [2.45, 2.75) is 25.8 Å². The Morgan fingerprint density at radius 3 is 2.81 bits per heavy atom. The van der Waals surface area contributed by atoms with Gasteiger partial charge in [0.05, 0.1) is 23.5 Å². The number of imidazole rings is 1. The molecule has 0 amide bonds. The zero-order chi connectivity index (χ0) is 15.6. The van der Waals surface area contributed by atoms with Crippen molar-refractivity contribution in [3.63, 3.8) is 0 Å². The van der Waals surface area contributed by atoms with E-state index < -0.39 is 16.6 Å². The summed E-state index contributed by atoms with van der Waals surface area (Å²) < 4.78 is 32.3. The second kappa shape index (κ2) is 6.75. The predicted molar refractivity (Wildman–Crippen MR) is 84.1 cm³/mol. The maximum atomic E-state index is 13.8. The lowest BCUT2D eigenvalue weighted by Gasteiger charge is -2.10. The highest BCUT2D eigenvalue weighted by atomic mass is 35.5. The summed E-state index contributed by atoms with van der Waals surface area (Å²) in [6.45, 7) is 4.22. The first-order chi connectivity index (χ1) is 9.97. The number of benzene rings is 1. The van der Waals surface area contributed by atoms with Crippen LogP contribution in [0.5, 0.6) is 5.75 Å². The molecule has 116 valence electrons. The number of fused-ring (bicyclic) bond motifs is 1. The van der Waals surface area contributed by atoms with Crippen molar-refractivity contribution in [2.24, 2.45) is 0 Å². The Bertz CT molecular complexity index is 673. The molecule has 1 aromatic heterocycles. The minimum Gasteiger partial charge on any atom is -0.494 e. The Balaban J connectivity index is 2.52. The molecule has 2 unspecified atom stereocenters. The molecule has 0 fully saturated rings. The molecule has 0 spiro atoms. The van der Waals surface area contributed by atoms with Crippen LogP contribution in [0.25, 0.3) is 11.0 Å². The van der Waals surface area contributed by atoms with E-state index in [1.165, 1.54) is 13.2 Å². The van der Waals surface area contributed by atoms with Crippen LogP contribution in [0.1, 0.15) is 25.0 Å². The number of alkyl halides is 1. The molecule has 0 N–H and O–H groups in total. The molecule has 7 heteroatoms.